The van der Waals surface area contributed by atoms with Gasteiger partial charge in [-0.2, -0.15) is 0 Å². The zero-order valence-electron chi connectivity index (χ0n) is 11.0. The van der Waals surface area contributed by atoms with Crippen LogP contribution in [0.1, 0.15) is 44.6 Å². The summed E-state index contributed by atoms with van der Waals surface area (Å²) in [4.78, 5) is 0. The second-order valence-electron chi connectivity index (χ2n) is 5.38. The van der Waals surface area contributed by atoms with E-state index in [4.69, 9.17) is 0 Å². The van der Waals surface area contributed by atoms with Crippen LogP contribution in [0, 0.1) is 5.92 Å². The molecule has 1 nitrogen and oxygen atoms in total. The van der Waals surface area contributed by atoms with E-state index in [1.807, 2.05) is 0 Å². The third-order valence-corrected chi connectivity index (χ3v) is 4.08. The van der Waals surface area contributed by atoms with E-state index in [1.165, 1.54) is 37.7 Å². The molecule has 0 unspecified atom stereocenters. The normalized spacial score (nSPS) is 19.1. The lowest BCUT2D eigenvalue weighted by Crippen LogP contribution is -2.35. The minimum absolute atomic E-state index is 0.694. The van der Waals surface area contributed by atoms with E-state index < -0.39 is 0 Å². The lowest BCUT2D eigenvalue weighted by Gasteiger charge is -2.28. The molecule has 0 bridgehead atoms. The van der Waals surface area contributed by atoms with Gasteiger partial charge in [-0.1, -0.05) is 49.6 Å². The summed E-state index contributed by atoms with van der Waals surface area (Å²) in [6.45, 7) is 3.47. The zero-order chi connectivity index (χ0) is 11.9. The predicted molar refractivity (Wildman–Crippen MR) is 74.2 cm³/mol. The molecule has 1 saturated carbocycles. The lowest BCUT2D eigenvalue weighted by molar-refractivity contribution is 0.283. The highest BCUT2D eigenvalue weighted by Gasteiger charge is 2.18. The monoisotopic (exact) mass is 231 g/mol. The van der Waals surface area contributed by atoms with Crippen molar-refractivity contribution in [3.63, 3.8) is 0 Å². The van der Waals surface area contributed by atoms with Crippen LogP contribution in [0.2, 0.25) is 0 Å². The molecule has 0 radical (unpaired) electrons. The van der Waals surface area contributed by atoms with Crippen molar-refractivity contribution in [1.29, 1.82) is 0 Å². The number of benzene rings is 1. The van der Waals surface area contributed by atoms with Gasteiger partial charge in [0.1, 0.15) is 0 Å². The van der Waals surface area contributed by atoms with Gasteiger partial charge in [0.25, 0.3) is 0 Å². The van der Waals surface area contributed by atoms with Crippen molar-refractivity contribution in [3.8, 4) is 0 Å². The van der Waals surface area contributed by atoms with E-state index in [-0.39, 0.29) is 0 Å². The summed E-state index contributed by atoms with van der Waals surface area (Å²) in [6.07, 6.45) is 8.34. The smallest absolute Gasteiger partial charge is 0.00671 e. The van der Waals surface area contributed by atoms with E-state index in [0.29, 0.717) is 6.04 Å². The van der Waals surface area contributed by atoms with Crippen LogP contribution in [-0.4, -0.2) is 12.6 Å². The Morgan fingerprint density at radius 2 is 1.82 bits per heavy atom. The average molecular weight is 231 g/mol. The Balaban J connectivity index is 1.67. The summed E-state index contributed by atoms with van der Waals surface area (Å²) in [7, 11) is 0. The minimum Gasteiger partial charge on any atom is -0.314 e. The summed E-state index contributed by atoms with van der Waals surface area (Å²) >= 11 is 0. The number of hydrogen-bond donors (Lipinski definition) is 1. The van der Waals surface area contributed by atoms with Crippen LogP contribution in [-0.2, 0) is 6.42 Å². The molecule has 1 atom stereocenters. The van der Waals surface area contributed by atoms with E-state index >= 15 is 0 Å². The standard InChI is InChI=1S/C16H25N/c1-14(16-10-6-3-7-11-16)17-13-12-15-8-4-2-5-9-15/h2,4-5,8-9,14,16-17H,3,6-7,10-13H2,1H3/t14-/m0/s1. The van der Waals surface area contributed by atoms with Crippen LogP contribution in [0.5, 0.6) is 0 Å². The molecule has 1 heteroatoms. The predicted octanol–water partition coefficient (Wildman–Crippen LogP) is 3.79. The number of hydrogen-bond acceptors (Lipinski definition) is 1. The van der Waals surface area contributed by atoms with Crippen molar-refractivity contribution in [2.75, 3.05) is 6.54 Å². The zero-order valence-corrected chi connectivity index (χ0v) is 11.0. The van der Waals surface area contributed by atoms with Gasteiger partial charge >= 0.3 is 0 Å². The van der Waals surface area contributed by atoms with E-state index in [0.717, 1.165) is 18.9 Å². The Hall–Kier alpha value is -0.820. The highest BCUT2D eigenvalue weighted by molar-refractivity contribution is 5.14. The van der Waals surface area contributed by atoms with Crippen molar-refractivity contribution < 1.29 is 0 Å². The van der Waals surface area contributed by atoms with Crippen LogP contribution in [0.4, 0.5) is 0 Å². The van der Waals surface area contributed by atoms with Crippen LogP contribution in [0.3, 0.4) is 0 Å². The number of rotatable bonds is 5. The molecule has 1 aliphatic carbocycles. The van der Waals surface area contributed by atoms with Gasteiger partial charge in [-0.25, -0.2) is 0 Å². The summed E-state index contributed by atoms with van der Waals surface area (Å²) in [6, 6.07) is 11.5. The molecule has 0 aromatic heterocycles. The van der Waals surface area contributed by atoms with E-state index in [1.54, 1.807) is 0 Å². The minimum atomic E-state index is 0.694. The van der Waals surface area contributed by atoms with Crippen LogP contribution >= 0.6 is 0 Å². The Labute approximate surface area is 106 Å². The fraction of sp³-hybridized carbons (Fsp3) is 0.625. The largest absolute Gasteiger partial charge is 0.314 e. The second-order valence-corrected chi connectivity index (χ2v) is 5.38. The molecule has 1 fully saturated rings. The summed E-state index contributed by atoms with van der Waals surface area (Å²) in [5.74, 6) is 0.916. The Bertz CT molecular complexity index is 301. The van der Waals surface area contributed by atoms with Gasteiger partial charge in [0.05, 0.1) is 0 Å². The molecule has 0 amide bonds. The van der Waals surface area contributed by atoms with Gasteiger partial charge in [-0.05, 0) is 44.2 Å². The third-order valence-electron chi connectivity index (χ3n) is 4.08. The average Bonchev–Trinajstić information content (AvgIpc) is 2.41. The van der Waals surface area contributed by atoms with Crippen LogP contribution < -0.4 is 5.32 Å². The van der Waals surface area contributed by atoms with Gasteiger partial charge in [0.15, 0.2) is 0 Å². The first-order valence-electron chi connectivity index (χ1n) is 7.13. The van der Waals surface area contributed by atoms with E-state index in [2.05, 4.69) is 42.6 Å². The molecule has 0 saturated heterocycles. The van der Waals surface area contributed by atoms with Crippen LogP contribution in [0.25, 0.3) is 0 Å². The molecule has 0 heterocycles. The molecule has 94 valence electrons. The molecule has 1 aromatic rings. The first-order chi connectivity index (χ1) is 8.36. The first-order valence-corrected chi connectivity index (χ1v) is 7.13. The fourth-order valence-electron chi connectivity index (χ4n) is 2.89. The topological polar surface area (TPSA) is 12.0 Å². The fourth-order valence-corrected chi connectivity index (χ4v) is 2.89. The van der Waals surface area contributed by atoms with Crippen molar-refractivity contribution in [2.45, 2.75) is 51.5 Å². The summed E-state index contributed by atoms with van der Waals surface area (Å²) in [5, 5.41) is 3.70. The molecular formula is C16H25N. The molecule has 17 heavy (non-hydrogen) atoms. The molecule has 1 aromatic carbocycles. The molecule has 2 rings (SSSR count). The SMILES string of the molecule is C[C@H](NCCc1ccccc1)C1CCCCC1. The molecule has 1 aliphatic rings. The number of nitrogens with one attached hydrogen (secondary N) is 1. The van der Waals surface area contributed by atoms with Crippen molar-refractivity contribution in [2.24, 2.45) is 5.92 Å². The maximum atomic E-state index is 3.70. The van der Waals surface area contributed by atoms with Crippen molar-refractivity contribution >= 4 is 0 Å². The summed E-state index contributed by atoms with van der Waals surface area (Å²) in [5.41, 5.74) is 1.44. The van der Waals surface area contributed by atoms with Gasteiger partial charge in [-0.15, -0.1) is 0 Å². The first kappa shape index (κ1) is 12.6. The van der Waals surface area contributed by atoms with E-state index in [9.17, 15) is 0 Å². The Morgan fingerprint density at radius 3 is 2.53 bits per heavy atom. The van der Waals surface area contributed by atoms with Gasteiger partial charge in [-0.3, -0.25) is 0 Å². The van der Waals surface area contributed by atoms with Gasteiger partial charge in [0, 0.05) is 6.04 Å². The van der Waals surface area contributed by atoms with Crippen molar-refractivity contribution in [3.05, 3.63) is 35.9 Å². The Kier molecular flexibility index (Phi) is 5.06. The van der Waals surface area contributed by atoms with Gasteiger partial charge < -0.3 is 5.32 Å². The van der Waals surface area contributed by atoms with Gasteiger partial charge in [0.2, 0.25) is 0 Å². The third kappa shape index (κ3) is 4.16. The molecule has 0 aliphatic heterocycles. The van der Waals surface area contributed by atoms with Crippen LogP contribution in [0.15, 0.2) is 30.3 Å². The highest BCUT2D eigenvalue weighted by Crippen LogP contribution is 2.26. The molecule has 1 N–H and O–H groups in total. The lowest BCUT2D eigenvalue weighted by atomic mass is 9.84. The second kappa shape index (κ2) is 6.80. The maximum Gasteiger partial charge on any atom is 0.00671 e. The van der Waals surface area contributed by atoms with Crippen molar-refractivity contribution in [1.82, 2.24) is 5.32 Å². The molecule has 0 spiro atoms. The molecular weight excluding hydrogens is 206 g/mol. The highest BCUT2D eigenvalue weighted by atomic mass is 14.9. The summed E-state index contributed by atoms with van der Waals surface area (Å²) < 4.78 is 0. The maximum absolute atomic E-state index is 3.70. The Morgan fingerprint density at radius 1 is 1.12 bits per heavy atom. The quantitative estimate of drug-likeness (QED) is 0.813.